The number of hydrogen-bond donors (Lipinski definition) is 1. The van der Waals surface area contributed by atoms with Crippen LogP contribution in [0.2, 0.25) is 0 Å². The number of nitrogen functional groups attached to an aromatic ring is 1. The van der Waals surface area contributed by atoms with Crippen LogP contribution in [0.25, 0.3) is 0 Å². The molecular weight excluding hydrogens is 250 g/mol. The summed E-state index contributed by atoms with van der Waals surface area (Å²) in [5.41, 5.74) is 7.08. The highest BCUT2D eigenvalue weighted by molar-refractivity contribution is 5.54. The molecule has 4 heteroatoms. The van der Waals surface area contributed by atoms with Gasteiger partial charge in [0.1, 0.15) is 5.82 Å². The lowest BCUT2D eigenvalue weighted by Gasteiger charge is -2.44. The molecule has 0 unspecified atom stereocenters. The van der Waals surface area contributed by atoms with Gasteiger partial charge >= 0.3 is 0 Å². The molecule has 1 saturated heterocycles. The fraction of sp³-hybridized carbons (Fsp3) is 0.688. The van der Waals surface area contributed by atoms with E-state index in [2.05, 4.69) is 9.88 Å². The number of pyridine rings is 1. The molecule has 0 amide bonds. The molecule has 2 heterocycles. The Hall–Kier alpha value is -1.45. The Labute approximate surface area is 121 Å². The molecule has 1 saturated carbocycles. The number of rotatable bonds is 2. The Morgan fingerprint density at radius 1 is 1.10 bits per heavy atom. The number of ether oxygens (including phenoxy) is 1. The molecule has 0 radical (unpaired) electrons. The Balaban J connectivity index is 1.68. The summed E-state index contributed by atoms with van der Waals surface area (Å²) >= 11 is 0. The smallest absolute Gasteiger partial charge is 0.238 e. The van der Waals surface area contributed by atoms with Crippen molar-refractivity contribution in [3.63, 3.8) is 0 Å². The van der Waals surface area contributed by atoms with Crippen molar-refractivity contribution in [2.45, 2.75) is 44.9 Å². The lowest BCUT2D eigenvalue weighted by Crippen LogP contribution is -2.41. The number of anilines is 2. The minimum absolute atomic E-state index is 0.542. The molecule has 110 valence electrons. The van der Waals surface area contributed by atoms with Crippen molar-refractivity contribution in [2.75, 3.05) is 30.8 Å². The molecule has 4 nitrogen and oxygen atoms in total. The van der Waals surface area contributed by atoms with Crippen LogP contribution in [-0.4, -0.2) is 25.2 Å². The average molecular weight is 275 g/mol. The Morgan fingerprint density at radius 3 is 2.45 bits per heavy atom. The Morgan fingerprint density at radius 2 is 1.80 bits per heavy atom. The number of piperidine rings is 1. The second-order valence-electron chi connectivity index (χ2n) is 6.32. The Kier molecular flexibility index (Phi) is 3.72. The van der Waals surface area contributed by atoms with Gasteiger partial charge in [0.05, 0.1) is 12.8 Å². The van der Waals surface area contributed by atoms with Gasteiger partial charge in [-0.3, -0.25) is 0 Å². The van der Waals surface area contributed by atoms with E-state index in [4.69, 9.17) is 10.5 Å². The standard InChI is InChI=1S/C16H25N3O/c1-20-15-13(17)5-6-14(18-15)19-11-9-16(10-12-19)7-3-2-4-8-16/h5-6H,2-4,7-12,17H2,1H3. The van der Waals surface area contributed by atoms with E-state index in [1.807, 2.05) is 12.1 Å². The van der Waals surface area contributed by atoms with Gasteiger partial charge in [-0.15, -0.1) is 0 Å². The highest BCUT2D eigenvalue weighted by Gasteiger charge is 2.35. The summed E-state index contributed by atoms with van der Waals surface area (Å²) in [6.45, 7) is 2.22. The van der Waals surface area contributed by atoms with Gasteiger partial charge < -0.3 is 15.4 Å². The normalized spacial score (nSPS) is 21.9. The largest absolute Gasteiger partial charge is 0.479 e. The van der Waals surface area contributed by atoms with Crippen LogP contribution < -0.4 is 15.4 Å². The molecule has 3 rings (SSSR count). The van der Waals surface area contributed by atoms with E-state index in [1.165, 1.54) is 44.9 Å². The van der Waals surface area contributed by atoms with Gasteiger partial charge in [-0.1, -0.05) is 19.3 Å². The first-order valence-corrected chi connectivity index (χ1v) is 7.78. The van der Waals surface area contributed by atoms with E-state index in [0.717, 1.165) is 18.9 Å². The van der Waals surface area contributed by atoms with Crippen LogP contribution in [0.3, 0.4) is 0 Å². The second-order valence-corrected chi connectivity index (χ2v) is 6.32. The van der Waals surface area contributed by atoms with Crippen LogP contribution in [0.1, 0.15) is 44.9 Å². The summed E-state index contributed by atoms with van der Waals surface area (Å²) in [4.78, 5) is 6.90. The number of nitrogens with two attached hydrogens (primary N) is 1. The molecule has 2 N–H and O–H groups in total. The molecule has 1 aromatic heterocycles. The summed E-state index contributed by atoms with van der Waals surface area (Å²) in [6, 6.07) is 3.91. The second kappa shape index (κ2) is 5.51. The minimum atomic E-state index is 0.542. The van der Waals surface area contributed by atoms with Crippen LogP contribution in [0.5, 0.6) is 5.88 Å². The highest BCUT2D eigenvalue weighted by Crippen LogP contribution is 2.45. The topological polar surface area (TPSA) is 51.4 Å². The SMILES string of the molecule is COc1nc(N2CCC3(CCCCC3)CC2)ccc1N. The lowest BCUT2D eigenvalue weighted by molar-refractivity contribution is 0.144. The van der Waals surface area contributed by atoms with Crippen molar-refractivity contribution in [3.05, 3.63) is 12.1 Å². The lowest BCUT2D eigenvalue weighted by atomic mass is 9.68. The van der Waals surface area contributed by atoms with Gasteiger partial charge in [0.25, 0.3) is 0 Å². The first-order chi connectivity index (χ1) is 9.72. The molecule has 1 aliphatic heterocycles. The molecule has 0 bridgehead atoms. The first kappa shape index (κ1) is 13.5. The average Bonchev–Trinajstić information content (AvgIpc) is 2.50. The number of methoxy groups -OCH3 is 1. The zero-order valence-corrected chi connectivity index (χ0v) is 12.4. The fourth-order valence-corrected chi connectivity index (χ4v) is 3.79. The van der Waals surface area contributed by atoms with E-state index >= 15 is 0 Å². The quantitative estimate of drug-likeness (QED) is 0.900. The van der Waals surface area contributed by atoms with E-state index in [9.17, 15) is 0 Å². The van der Waals surface area contributed by atoms with Crippen molar-refractivity contribution < 1.29 is 4.74 Å². The minimum Gasteiger partial charge on any atom is -0.479 e. The molecule has 20 heavy (non-hydrogen) atoms. The predicted octanol–water partition coefficient (Wildman–Crippen LogP) is 3.22. The molecule has 1 spiro atoms. The third-order valence-corrected chi connectivity index (χ3v) is 5.13. The van der Waals surface area contributed by atoms with E-state index in [0.29, 0.717) is 17.0 Å². The maximum atomic E-state index is 5.84. The zero-order chi connectivity index (χ0) is 14.0. The molecule has 1 aromatic rings. The van der Waals surface area contributed by atoms with Crippen LogP contribution in [-0.2, 0) is 0 Å². The summed E-state index contributed by atoms with van der Waals surface area (Å²) < 4.78 is 5.22. The third kappa shape index (κ3) is 2.56. The van der Waals surface area contributed by atoms with Crippen molar-refractivity contribution in [1.29, 1.82) is 0 Å². The van der Waals surface area contributed by atoms with E-state index in [-0.39, 0.29) is 0 Å². The van der Waals surface area contributed by atoms with E-state index in [1.54, 1.807) is 7.11 Å². The van der Waals surface area contributed by atoms with Gasteiger partial charge in [-0.2, -0.15) is 4.98 Å². The maximum absolute atomic E-state index is 5.84. The highest BCUT2D eigenvalue weighted by atomic mass is 16.5. The van der Waals surface area contributed by atoms with Crippen LogP contribution in [0, 0.1) is 5.41 Å². The van der Waals surface area contributed by atoms with E-state index < -0.39 is 0 Å². The van der Waals surface area contributed by atoms with Gasteiger partial charge in [0.15, 0.2) is 0 Å². The molecular formula is C16H25N3O. The third-order valence-electron chi connectivity index (χ3n) is 5.13. The van der Waals surface area contributed by atoms with Gasteiger partial charge in [0.2, 0.25) is 5.88 Å². The van der Waals surface area contributed by atoms with Crippen LogP contribution in [0.15, 0.2) is 12.1 Å². The molecule has 0 aromatic carbocycles. The van der Waals surface area contributed by atoms with Crippen LogP contribution in [0.4, 0.5) is 11.5 Å². The Bertz CT molecular complexity index is 459. The molecule has 0 atom stereocenters. The summed E-state index contributed by atoms with van der Waals surface area (Å²) in [5.74, 6) is 1.54. The van der Waals surface area contributed by atoms with Gasteiger partial charge in [-0.25, -0.2) is 0 Å². The fourth-order valence-electron chi connectivity index (χ4n) is 3.79. The monoisotopic (exact) mass is 275 g/mol. The van der Waals surface area contributed by atoms with Crippen LogP contribution >= 0.6 is 0 Å². The number of aromatic nitrogens is 1. The van der Waals surface area contributed by atoms with Crippen molar-refractivity contribution in [3.8, 4) is 5.88 Å². The maximum Gasteiger partial charge on any atom is 0.238 e. The van der Waals surface area contributed by atoms with Crippen molar-refractivity contribution in [1.82, 2.24) is 4.98 Å². The summed E-state index contributed by atoms with van der Waals surface area (Å²) in [7, 11) is 1.62. The summed E-state index contributed by atoms with van der Waals surface area (Å²) in [6.07, 6.45) is 9.76. The van der Waals surface area contributed by atoms with Crippen molar-refractivity contribution in [2.24, 2.45) is 5.41 Å². The molecule has 2 fully saturated rings. The number of hydrogen-bond acceptors (Lipinski definition) is 4. The van der Waals surface area contributed by atoms with Gasteiger partial charge in [0, 0.05) is 13.1 Å². The van der Waals surface area contributed by atoms with Crippen molar-refractivity contribution >= 4 is 11.5 Å². The summed E-state index contributed by atoms with van der Waals surface area (Å²) in [5, 5.41) is 0. The zero-order valence-electron chi connectivity index (χ0n) is 12.4. The van der Waals surface area contributed by atoms with Gasteiger partial charge in [-0.05, 0) is 43.2 Å². The molecule has 2 aliphatic rings. The predicted molar refractivity (Wildman–Crippen MR) is 82.2 cm³/mol. The number of nitrogens with zero attached hydrogens (tertiary/aromatic N) is 2. The first-order valence-electron chi connectivity index (χ1n) is 7.78. The molecule has 1 aliphatic carbocycles.